The van der Waals surface area contributed by atoms with Gasteiger partial charge in [-0.25, -0.2) is 0 Å². The van der Waals surface area contributed by atoms with Crippen molar-refractivity contribution in [1.82, 2.24) is 0 Å². The van der Waals surface area contributed by atoms with Gasteiger partial charge in [0.05, 0.1) is 19.3 Å². The summed E-state index contributed by atoms with van der Waals surface area (Å²) < 4.78 is 12.7. The molecule has 0 aliphatic carbocycles. The first-order valence-electron chi connectivity index (χ1n) is 2.34. The van der Waals surface area contributed by atoms with Crippen LogP contribution in [0, 0.1) is 0 Å². The summed E-state index contributed by atoms with van der Waals surface area (Å²) in [5.41, 5.74) is 0. The molecule has 0 aliphatic rings. The Bertz CT molecular complexity index is 56.3. The molecule has 6 radical (unpaired) electrons. The minimum Gasteiger partial charge on any atom is -0.445 e. The maximum Gasteiger partial charge on any atom is 0.283 e. The summed E-state index contributed by atoms with van der Waals surface area (Å²) in [5, 5.41) is 0. The van der Waals surface area contributed by atoms with Crippen LogP contribution in [-0.4, -0.2) is 43.5 Å². The van der Waals surface area contributed by atoms with E-state index in [9.17, 15) is 0 Å². The Labute approximate surface area is 58.4 Å². The molecule has 0 atom stereocenters. The number of hydrogen-bond acceptors (Lipinski definition) is 3. The van der Waals surface area contributed by atoms with Gasteiger partial charge in [0.2, 0.25) is 0 Å². The maximum atomic E-state index is 4.77. The first-order chi connectivity index (χ1) is 4.35. The predicted molar refractivity (Wildman–Crippen MR) is 34.0 cm³/mol. The average molecular weight is 122 g/mol. The van der Waals surface area contributed by atoms with Crippen LogP contribution in [-0.2, 0) is 14.0 Å². The third kappa shape index (κ3) is 4.57. The second-order valence-corrected chi connectivity index (χ2v) is 1.42. The van der Waals surface area contributed by atoms with Crippen LogP contribution in [0.15, 0.2) is 0 Å². The molecule has 0 rings (SSSR count). The SMILES string of the molecule is [B]OCC(CO[B])O[B]. The molecule has 0 aliphatic heterocycles. The maximum absolute atomic E-state index is 4.77. The lowest BCUT2D eigenvalue weighted by Gasteiger charge is -2.13. The molecule has 0 N–H and O–H groups in total. The van der Waals surface area contributed by atoms with Crippen LogP contribution in [0.25, 0.3) is 0 Å². The highest BCUT2D eigenvalue weighted by Crippen LogP contribution is 1.88. The Kier molecular flexibility index (Phi) is 6.25. The van der Waals surface area contributed by atoms with Gasteiger partial charge in [-0.1, -0.05) is 0 Å². The van der Waals surface area contributed by atoms with Gasteiger partial charge in [0.15, 0.2) is 0 Å². The second kappa shape index (κ2) is 6.20. The fourth-order valence-corrected chi connectivity index (χ4v) is 0.341. The van der Waals surface area contributed by atoms with E-state index in [1.807, 2.05) is 0 Å². The van der Waals surface area contributed by atoms with E-state index in [1.165, 1.54) is 0 Å². The third-order valence-corrected chi connectivity index (χ3v) is 0.757. The van der Waals surface area contributed by atoms with Crippen LogP contribution in [0.3, 0.4) is 0 Å². The molecule has 0 saturated heterocycles. The summed E-state index contributed by atoms with van der Waals surface area (Å²) in [6.45, 7) is 0.321. The predicted octanol–water partition coefficient (Wildman–Crippen LogP) is -1.34. The molecular formula is C3H5B3O3. The Balaban J connectivity index is 3.18. The van der Waals surface area contributed by atoms with Gasteiger partial charge in [0.25, 0.3) is 24.1 Å². The van der Waals surface area contributed by atoms with Gasteiger partial charge in [-0.15, -0.1) is 0 Å². The molecule has 6 heteroatoms. The van der Waals surface area contributed by atoms with Crippen LogP contribution in [0.4, 0.5) is 0 Å². The Morgan fingerprint density at radius 2 is 1.44 bits per heavy atom. The molecule has 0 amide bonds. The van der Waals surface area contributed by atoms with Crippen LogP contribution in [0.2, 0.25) is 0 Å². The van der Waals surface area contributed by atoms with Gasteiger partial charge >= 0.3 is 0 Å². The van der Waals surface area contributed by atoms with E-state index in [0.717, 1.165) is 0 Å². The Hall–Kier alpha value is 0.0748. The van der Waals surface area contributed by atoms with Gasteiger partial charge in [-0.2, -0.15) is 0 Å². The monoisotopic (exact) mass is 122 g/mol. The summed E-state index contributed by atoms with van der Waals surface area (Å²) in [4.78, 5) is 0. The van der Waals surface area contributed by atoms with Crippen LogP contribution < -0.4 is 0 Å². The third-order valence-electron chi connectivity index (χ3n) is 0.757. The standard InChI is InChI=1S/C3H5B3O3/c4-7-1-3(9-6)2-8-5/h3H,1-2H2. The van der Waals surface area contributed by atoms with Crippen molar-refractivity contribution in [2.75, 3.05) is 13.2 Å². The average Bonchev–Trinajstić information content (AvgIpc) is 1.88. The molecule has 0 aromatic heterocycles. The van der Waals surface area contributed by atoms with E-state index in [4.69, 9.17) is 24.1 Å². The largest absolute Gasteiger partial charge is 0.445 e. The van der Waals surface area contributed by atoms with Crippen molar-refractivity contribution in [3.63, 3.8) is 0 Å². The second-order valence-electron chi connectivity index (χ2n) is 1.42. The van der Waals surface area contributed by atoms with Gasteiger partial charge in [0.1, 0.15) is 0 Å². The zero-order valence-electron chi connectivity index (χ0n) is 4.95. The zero-order chi connectivity index (χ0) is 7.11. The molecule has 0 heterocycles. The van der Waals surface area contributed by atoms with Crippen LogP contribution in [0.1, 0.15) is 0 Å². The fraction of sp³-hybridized carbons (Fsp3) is 1.00. The minimum absolute atomic E-state index is 0.160. The van der Waals surface area contributed by atoms with E-state index in [0.29, 0.717) is 0 Å². The van der Waals surface area contributed by atoms with E-state index >= 15 is 0 Å². The van der Waals surface area contributed by atoms with Gasteiger partial charge in [-0.3, -0.25) is 0 Å². The molecule has 0 unspecified atom stereocenters. The molecule has 0 spiro atoms. The van der Waals surface area contributed by atoms with E-state index < -0.39 is 6.10 Å². The molecule has 44 valence electrons. The molecule has 0 bridgehead atoms. The first kappa shape index (κ1) is 9.07. The van der Waals surface area contributed by atoms with Crippen molar-refractivity contribution in [3.05, 3.63) is 0 Å². The van der Waals surface area contributed by atoms with E-state index in [2.05, 4.69) is 14.0 Å². The van der Waals surface area contributed by atoms with Gasteiger partial charge in [0, 0.05) is 0 Å². The lowest BCUT2D eigenvalue weighted by Crippen LogP contribution is -2.23. The van der Waals surface area contributed by atoms with E-state index in [-0.39, 0.29) is 13.2 Å². The molecule has 0 aromatic rings. The Morgan fingerprint density at radius 1 is 1.00 bits per heavy atom. The van der Waals surface area contributed by atoms with Crippen molar-refractivity contribution < 1.29 is 14.0 Å². The van der Waals surface area contributed by atoms with Crippen molar-refractivity contribution in [2.45, 2.75) is 6.10 Å². The van der Waals surface area contributed by atoms with Crippen molar-refractivity contribution >= 4 is 24.1 Å². The van der Waals surface area contributed by atoms with Gasteiger partial charge < -0.3 is 14.0 Å². The normalized spacial score (nSPS) is 10.3. The number of hydrogen-bond donors (Lipinski definition) is 0. The summed E-state index contributed by atoms with van der Waals surface area (Å²) in [5.74, 6) is 0. The summed E-state index contributed by atoms with van der Waals surface area (Å²) in [6.07, 6.45) is -0.403. The van der Waals surface area contributed by atoms with Crippen molar-refractivity contribution in [2.24, 2.45) is 0 Å². The summed E-state index contributed by atoms with van der Waals surface area (Å²) >= 11 is 0. The first-order valence-corrected chi connectivity index (χ1v) is 2.34. The van der Waals surface area contributed by atoms with Crippen LogP contribution in [0.5, 0.6) is 0 Å². The molecule has 0 aromatic carbocycles. The fourth-order valence-electron chi connectivity index (χ4n) is 0.341. The molecule has 3 nitrogen and oxygen atoms in total. The minimum atomic E-state index is -0.403. The van der Waals surface area contributed by atoms with Crippen molar-refractivity contribution in [3.8, 4) is 0 Å². The lowest BCUT2D eigenvalue weighted by molar-refractivity contribution is 0.0970. The summed E-state index contributed by atoms with van der Waals surface area (Å²) in [7, 11) is 14.2. The van der Waals surface area contributed by atoms with Gasteiger partial charge in [-0.05, 0) is 0 Å². The highest BCUT2D eigenvalue weighted by molar-refractivity contribution is 5.99. The van der Waals surface area contributed by atoms with Crippen LogP contribution >= 0.6 is 0 Å². The molecule has 0 saturated carbocycles. The number of rotatable bonds is 5. The highest BCUT2D eigenvalue weighted by Gasteiger charge is 2.02. The zero-order valence-corrected chi connectivity index (χ0v) is 4.95. The topological polar surface area (TPSA) is 27.7 Å². The molecule has 0 fully saturated rings. The van der Waals surface area contributed by atoms with E-state index in [1.54, 1.807) is 0 Å². The highest BCUT2D eigenvalue weighted by atomic mass is 16.5. The quantitative estimate of drug-likeness (QED) is 0.421. The lowest BCUT2D eigenvalue weighted by atomic mass is 10.3. The molecule has 9 heavy (non-hydrogen) atoms. The molecular weight excluding hydrogens is 116 g/mol. The smallest absolute Gasteiger partial charge is 0.283 e. The Morgan fingerprint density at radius 3 is 1.67 bits per heavy atom. The van der Waals surface area contributed by atoms with Crippen molar-refractivity contribution in [1.29, 1.82) is 0 Å². The summed E-state index contributed by atoms with van der Waals surface area (Å²) in [6, 6.07) is 0.